The smallest absolute Gasteiger partial charge is 0.238 e. The summed E-state index contributed by atoms with van der Waals surface area (Å²) in [5.74, 6) is 0.567. The first-order chi connectivity index (χ1) is 9.15. The Morgan fingerprint density at radius 3 is 2.58 bits per heavy atom. The van der Waals surface area contributed by atoms with Crippen LogP contribution in [0.15, 0.2) is 53.4 Å². The summed E-state index contributed by atoms with van der Waals surface area (Å²) in [6.45, 7) is 3.79. The van der Waals surface area contributed by atoms with E-state index in [1.165, 1.54) is 11.8 Å². The molecule has 4 heteroatoms. The minimum atomic E-state index is -0.162. The Morgan fingerprint density at radius 2 is 1.89 bits per heavy atom. The number of hydrogen-bond acceptors (Lipinski definition) is 3. The van der Waals surface area contributed by atoms with E-state index in [4.69, 9.17) is 0 Å². The summed E-state index contributed by atoms with van der Waals surface area (Å²) in [7, 11) is 0. The summed E-state index contributed by atoms with van der Waals surface area (Å²) in [5, 5.41) is 2.67. The van der Waals surface area contributed by atoms with Crippen LogP contribution in [-0.4, -0.2) is 16.1 Å². The molecule has 0 aliphatic carbocycles. The number of aryl methyl sites for hydroxylation is 1. The van der Waals surface area contributed by atoms with Gasteiger partial charge in [0, 0.05) is 10.6 Å². The van der Waals surface area contributed by atoms with Crippen molar-refractivity contribution in [3.63, 3.8) is 0 Å². The van der Waals surface area contributed by atoms with Crippen LogP contribution in [0, 0.1) is 6.92 Å². The maximum absolute atomic E-state index is 12.1. The number of rotatable bonds is 4. The molecule has 1 aromatic heterocycles. The van der Waals surface area contributed by atoms with Crippen molar-refractivity contribution in [3.05, 3.63) is 54.2 Å². The van der Waals surface area contributed by atoms with E-state index in [2.05, 4.69) is 10.3 Å². The molecule has 0 saturated carbocycles. The van der Waals surface area contributed by atoms with Gasteiger partial charge in [0.25, 0.3) is 0 Å². The van der Waals surface area contributed by atoms with Crippen molar-refractivity contribution in [1.29, 1.82) is 0 Å². The Hall–Kier alpha value is -1.81. The van der Waals surface area contributed by atoms with Crippen LogP contribution in [0.5, 0.6) is 0 Å². The molecule has 0 spiro atoms. The van der Waals surface area contributed by atoms with Gasteiger partial charge in [0.1, 0.15) is 5.82 Å². The molecule has 1 aromatic carbocycles. The molecule has 2 aromatic rings. The molecule has 1 atom stereocenters. The molecule has 0 aliphatic heterocycles. The van der Waals surface area contributed by atoms with Gasteiger partial charge in [0.05, 0.1) is 5.25 Å². The van der Waals surface area contributed by atoms with Gasteiger partial charge < -0.3 is 5.32 Å². The Labute approximate surface area is 117 Å². The number of hydrogen-bond donors (Lipinski definition) is 1. The molecule has 1 heterocycles. The zero-order valence-corrected chi connectivity index (χ0v) is 11.8. The number of amides is 1. The third-order valence-electron chi connectivity index (χ3n) is 2.56. The van der Waals surface area contributed by atoms with Gasteiger partial charge in [-0.15, -0.1) is 11.8 Å². The van der Waals surface area contributed by atoms with Gasteiger partial charge in [-0.3, -0.25) is 4.79 Å². The van der Waals surface area contributed by atoms with Crippen LogP contribution < -0.4 is 5.32 Å². The van der Waals surface area contributed by atoms with Crippen LogP contribution in [-0.2, 0) is 4.79 Å². The number of anilines is 1. The highest BCUT2D eigenvalue weighted by Gasteiger charge is 2.14. The van der Waals surface area contributed by atoms with E-state index >= 15 is 0 Å². The Bertz CT molecular complexity index is 557. The van der Waals surface area contributed by atoms with Crippen molar-refractivity contribution in [3.8, 4) is 0 Å². The lowest BCUT2D eigenvalue weighted by Crippen LogP contribution is -2.22. The fraction of sp³-hybridized carbons (Fsp3) is 0.200. The second-order valence-corrected chi connectivity index (χ2v) is 5.64. The van der Waals surface area contributed by atoms with Crippen LogP contribution in [0.2, 0.25) is 0 Å². The van der Waals surface area contributed by atoms with Crippen molar-refractivity contribution in [2.45, 2.75) is 24.0 Å². The predicted molar refractivity (Wildman–Crippen MR) is 79.4 cm³/mol. The lowest BCUT2D eigenvalue weighted by Gasteiger charge is -2.11. The summed E-state index contributed by atoms with van der Waals surface area (Å²) in [6.07, 6.45) is 0. The summed E-state index contributed by atoms with van der Waals surface area (Å²) < 4.78 is 0. The quantitative estimate of drug-likeness (QED) is 0.866. The summed E-state index contributed by atoms with van der Waals surface area (Å²) in [5.41, 5.74) is 0.890. The lowest BCUT2D eigenvalue weighted by atomic mass is 10.3. The third-order valence-corrected chi connectivity index (χ3v) is 3.68. The third kappa shape index (κ3) is 4.10. The molecule has 1 amide bonds. The topological polar surface area (TPSA) is 42.0 Å². The molecule has 0 unspecified atom stereocenters. The number of thioether (sulfide) groups is 1. The standard InChI is InChI=1S/C15H16N2OS/c1-11-7-6-10-14(16-11)17-15(18)12(2)19-13-8-4-3-5-9-13/h3-10,12H,1-2H3,(H,16,17,18)/t12-/m1/s1. The average molecular weight is 272 g/mol. The predicted octanol–water partition coefficient (Wildman–Crippen LogP) is 3.51. The van der Waals surface area contributed by atoms with Crippen molar-refractivity contribution in [1.82, 2.24) is 4.98 Å². The minimum absolute atomic E-state index is 0.0352. The van der Waals surface area contributed by atoms with Gasteiger partial charge >= 0.3 is 0 Å². The SMILES string of the molecule is Cc1cccc(NC(=O)[C@@H](C)Sc2ccccc2)n1. The van der Waals surface area contributed by atoms with Crippen LogP contribution in [0.3, 0.4) is 0 Å². The van der Waals surface area contributed by atoms with Crippen molar-refractivity contribution < 1.29 is 4.79 Å². The molecule has 3 nitrogen and oxygen atoms in total. The van der Waals surface area contributed by atoms with Gasteiger partial charge in [-0.2, -0.15) is 0 Å². The van der Waals surface area contributed by atoms with Gasteiger partial charge in [-0.05, 0) is 38.1 Å². The number of benzene rings is 1. The average Bonchev–Trinajstić information content (AvgIpc) is 2.40. The number of carbonyl (C=O) groups excluding carboxylic acids is 1. The Kier molecular flexibility index (Phi) is 4.58. The van der Waals surface area contributed by atoms with Crippen LogP contribution in [0.25, 0.3) is 0 Å². The van der Waals surface area contributed by atoms with E-state index in [9.17, 15) is 4.79 Å². The number of nitrogens with zero attached hydrogens (tertiary/aromatic N) is 1. The molecule has 0 fully saturated rings. The van der Waals surface area contributed by atoms with Gasteiger partial charge in [0.2, 0.25) is 5.91 Å². The molecule has 0 radical (unpaired) electrons. The number of aromatic nitrogens is 1. The molecule has 0 saturated heterocycles. The maximum atomic E-state index is 12.1. The Morgan fingerprint density at radius 1 is 1.16 bits per heavy atom. The van der Waals surface area contributed by atoms with Crippen molar-refractivity contribution >= 4 is 23.5 Å². The second-order valence-electron chi connectivity index (χ2n) is 4.23. The molecule has 1 N–H and O–H groups in total. The maximum Gasteiger partial charge on any atom is 0.238 e. The summed E-state index contributed by atoms with van der Waals surface area (Å²) in [4.78, 5) is 17.4. The highest BCUT2D eigenvalue weighted by molar-refractivity contribution is 8.00. The van der Waals surface area contributed by atoms with Crippen LogP contribution in [0.1, 0.15) is 12.6 Å². The normalized spacial score (nSPS) is 11.9. The monoisotopic (exact) mass is 272 g/mol. The zero-order valence-electron chi connectivity index (χ0n) is 11.0. The molecule has 0 aliphatic rings. The van der Waals surface area contributed by atoms with E-state index in [1.54, 1.807) is 6.07 Å². The van der Waals surface area contributed by atoms with Crippen molar-refractivity contribution in [2.24, 2.45) is 0 Å². The number of nitrogens with one attached hydrogen (secondary N) is 1. The first kappa shape index (κ1) is 13.6. The number of pyridine rings is 1. The summed E-state index contributed by atoms with van der Waals surface area (Å²) in [6, 6.07) is 15.5. The molecular formula is C15H16N2OS. The first-order valence-electron chi connectivity index (χ1n) is 6.11. The van der Waals surface area contributed by atoms with Gasteiger partial charge in [0.15, 0.2) is 0 Å². The summed E-state index contributed by atoms with van der Waals surface area (Å²) >= 11 is 1.54. The van der Waals surface area contributed by atoms with E-state index in [0.717, 1.165) is 10.6 Å². The second kappa shape index (κ2) is 6.38. The molecule has 2 rings (SSSR count). The van der Waals surface area contributed by atoms with Gasteiger partial charge in [-0.25, -0.2) is 4.98 Å². The molecule has 98 valence electrons. The fourth-order valence-corrected chi connectivity index (χ4v) is 2.49. The Balaban J connectivity index is 1.96. The van der Waals surface area contributed by atoms with Crippen molar-refractivity contribution in [2.75, 3.05) is 5.32 Å². The number of carbonyl (C=O) groups is 1. The largest absolute Gasteiger partial charge is 0.310 e. The van der Waals surface area contributed by atoms with Crippen LogP contribution >= 0.6 is 11.8 Å². The highest BCUT2D eigenvalue weighted by atomic mass is 32.2. The van der Waals surface area contributed by atoms with E-state index < -0.39 is 0 Å². The van der Waals surface area contributed by atoms with E-state index in [1.807, 2.05) is 56.3 Å². The lowest BCUT2D eigenvalue weighted by molar-refractivity contribution is -0.115. The zero-order chi connectivity index (χ0) is 13.7. The van der Waals surface area contributed by atoms with E-state index in [-0.39, 0.29) is 11.2 Å². The fourth-order valence-electron chi connectivity index (χ4n) is 1.60. The van der Waals surface area contributed by atoms with E-state index in [0.29, 0.717) is 5.82 Å². The molecule has 19 heavy (non-hydrogen) atoms. The first-order valence-corrected chi connectivity index (χ1v) is 6.99. The molecule has 0 bridgehead atoms. The minimum Gasteiger partial charge on any atom is -0.310 e. The highest BCUT2D eigenvalue weighted by Crippen LogP contribution is 2.23. The molecular weight excluding hydrogens is 256 g/mol. The van der Waals surface area contributed by atoms with Gasteiger partial charge in [-0.1, -0.05) is 24.3 Å². The van der Waals surface area contributed by atoms with Crippen LogP contribution in [0.4, 0.5) is 5.82 Å².